The molecule has 0 radical (unpaired) electrons. The number of pyridine rings is 1. The molecule has 0 spiro atoms. The summed E-state index contributed by atoms with van der Waals surface area (Å²) >= 11 is 0. The Kier molecular flexibility index (Phi) is 9.74. The molecule has 7 heteroatoms. The molecule has 0 unspecified atom stereocenters. The van der Waals surface area contributed by atoms with Gasteiger partial charge in [-0.25, -0.2) is 0 Å². The van der Waals surface area contributed by atoms with E-state index in [1.165, 1.54) is 12.4 Å². The van der Waals surface area contributed by atoms with Gasteiger partial charge in [-0.05, 0) is 11.6 Å². The van der Waals surface area contributed by atoms with Crippen LogP contribution >= 0.6 is 7.60 Å². The van der Waals surface area contributed by atoms with Gasteiger partial charge in [-0.1, -0.05) is 13.7 Å². The van der Waals surface area contributed by atoms with Crippen molar-refractivity contribution in [3.05, 3.63) is 30.1 Å². The zero-order valence-electron chi connectivity index (χ0n) is 7.64. The fourth-order valence-electron chi connectivity index (χ4n) is 0.715. The van der Waals surface area contributed by atoms with Gasteiger partial charge in [0.15, 0.2) is 0 Å². The van der Waals surface area contributed by atoms with Crippen molar-refractivity contribution in [2.24, 2.45) is 0 Å². The molecule has 0 aliphatic heterocycles. The van der Waals surface area contributed by atoms with Crippen molar-refractivity contribution in [2.45, 2.75) is 6.16 Å². The van der Waals surface area contributed by atoms with E-state index >= 15 is 0 Å². The minimum absolute atomic E-state index is 0. The molecular formula is C6H6NNa2O3P. The number of rotatable bonds is 2. The van der Waals surface area contributed by atoms with Gasteiger partial charge in [0.25, 0.3) is 0 Å². The van der Waals surface area contributed by atoms with Gasteiger partial charge in [0, 0.05) is 18.6 Å². The molecule has 0 aliphatic rings. The molecule has 13 heavy (non-hydrogen) atoms. The molecule has 0 saturated heterocycles. The largest absolute Gasteiger partial charge is 1.00 e. The Morgan fingerprint density at radius 3 is 2.38 bits per heavy atom. The summed E-state index contributed by atoms with van der Waals surface area (Å²) in [5.74, 6) is 0. The van der Waals surface area contributed by atoms with E-state index in [9.17, 15) is 14.4 Å². The minimum atomic E-state index is -4.43. The van der Waals surface area contributed by atoms with Gasteiger partial charge in [-0.15, -0.1) is 0 Å². The van der Waals surface area contributed by atoms with E-state index < -0.39 is 13.8 Å². The monoisotopic (exact) mass is 217 g/mol. The van der Waals surface area contributed by atoms with Crippen LogP contribution in [0.5, 0.6) is 0 Å². The van der Waals surface area contributed by atoms with Crippen LogP contribution in [0.15, 0.2) is 24.5 Å². The Hall–Kier alpha value is 1.30. The van der Waals surface area contributed by atoms with E-state index in [0.29, 0.717) is 5.56 Å². The summed E-state index contributed by atoms with van der Waals surface area (Å²) in [6, 6.07) is 3.14. The maximum Gasteiger partial charge on any atom is 1.00 e. The van der Waals surface area contributed by atoms with Crippen LogP contribution in [0.4, 0.5) is 0 Å². The maximum atomic E-state index is 10.2. The Morgan fingerprint density at radius 1 is 1.38 bits per heavy atom. The first-order valence-corrected chi connectivity index (χ1v) is 4.71. The van der Waals surface area contributed by atoms with Crippen molar-refractivity contribution in [1.29, 1.82) is 0 Å². The van der Waals surface area contributed by atoms with Crippen LogP contribution in [0.25, 0.3) is 0 Å². The van der Waals surface area contributed by atoms with Crippen LogP contribution in [-0.4, -0.2) is 4.98 Å². The standard InChI is InChI=1S/C6H8NO3P.2Na/c8-11(9,10)5-6-2-1-3-7-4-6;;/h1-4H,5H2,(H2,8,9,10);;/q;2*+1/p-2. The summed E-state index contributed by atoms with van der Waals surface area (Å²) in [5.41, 5.74) is 0.431. The third kappa shape index (κ3) is 8.30. The van der Waals surface area contributed by atoms with Crippen molar-refractivity contribution in [3.63, 3.8) is 0 Å². The van der Waals surface area contributed by atoms with E-state index in [1.54, 1.807) is 12.1 Å². The number of hydrogen-bond donors (Lipinski definition) is 0. The topological polar surface area (TPSA) is 76.1 Å². The fraction of sp³-hybridized carbons (Fsp3) is 0.167. The van der Waals surface area contributed by atoms with Crippen molar-refractivity contribution < 1.29 is 73.5 Å². The summed E-state index contributed by atoms with van der Waals surface area (Å²) in [7, 11) is -4.43. The van der Waals surface area contributed by atoms with Crippen LogP contribution in [0.2, 0.25) is 0 Å². The normalized spacial score (nSPS) is 9.69. The number of nitrogens with zero attached hydrogens (tertiary/aromatic N) is 1. The van der Waals surface area contributed by atoms with Crippen molar-refractivity contribution in [1.82, 2.24) is 4.98 Å². The Morgan fingerprint density at radius 2 is 2.00 bits per heavy atom. The van der Waals surface area contributed by atoms with E-state index in [0.717, 1.165) is 0 Å². The second kappa shape index (κ2) is 7.57. The Balaban J connectivity index is 0. The third-order valence-corrected chi connectivity index (χ3v) is 1.85. The quantitative estimate of drug-likeness (QED) is 0.364. The van der Waals surface area contributed by atoms with Crippen molar-refractivity contribution >= 4 is 7.60 Å². The number of aromatic nitrogens is 1. The molecule has 0 saturated carbocycles. The van der Waals surface area contributed by atoms with Gasteiger partial charge in [0.2, 0.25) is 0 Å². The molecule has 0 amide bonds. The van der Waals surface area contributed by atoms with Gasteiger partial charge in [-0.2, -0.15) is 0 Å². The first-order chi connectivity index (χ1) is 5.08. The van der Waals surface area contributed by atoms with E-state index in [2.05, 4.69) is 4.98 Å². The SMILES string of the molecule is O=P([O-])([O-])Cc1cccnc1.[Na+].[Na+]. The maximum absolute atomic E-state index is 10.2. The van der Waals surface area contributed by atoms with Crippen LogP contribution in [0, 0.1) is 0 Å². The van der Waals surface area contributed by atoms with Gasteiger partial charge in [0.1, 0.15) is 0 Å². The average Bonchev–Trinajstić information content (AvgIpc) is 1.85. The summed E-state index contributed by atoms with van der Waals surface area (Å²) in [6.07, 6.45) is 2.42. The van der Waals surface area contributed by atoms with Crippen molar-refractivity contribution in [3.8, 4) is 0 Å². The molecule has 0 bridgehead atoms. The van der Waals surface area contributed by atoms with Crippen LogP contribution < -0.4 is 68.9 Å². The van der Waals surface area contributed by atoms with E-state index in [4.69, 9.17) is 0 Å². The van der Waals surface area contributed by atoms with Gasteiger partial charge in [0.05, 0.1) is 0 Å². The Bertz CT molecular complexity index is 276. The molecule has 0 aliphatic carbocycles. The molecule has 4 nitrogen and oxygen atoms in total. The van der Waals surface area contributed by atoms with E-state index in [-0.39, 0.29) is 59.1 Å². The van der Waals surface area contributed by atoms with Crippen molar-refractivity contribution in [2.75, 3.05) is 0 Å². The predicted molar refractivity (Wildman–Crippen MR) is 35.5 cm³/mol. The smallest absolute Gasteiger partial charge is 0.810 e. The first kappa shape index (κ1) is 16.7. The molecule has 0 N–H and O–H groups in total. The van der Waals surface area contributed by atoms with Gasteiger partial charge in [-0.3, -0.25) is 4.98 Å². The summed E-state index contributed by atoms with van der Waals surface area (Å²) in [5, 5.41) is 0. The zero-order chi connectivity index (χ0) is 8.32. The fourth-order valence-corrected chi connectivity index (χ4v) is 1.35. The summed E-state index contributed by atoms with van der Waals surface area (Å²) in [6.45, 7) is 0. The second-order valence-electron chi connectivity index (χ2n) is 2.13. The Labute approximate surface area is 121 Å². The molecule has 0 aromatic carbocycles. The minimum Gasteiger partial charge on any atom is -0.810 e. The molecule has 1 aromatic rings. The van der Waals surface area contributed by atoms with Gasteiger partial charge < -0.3 is 14.4 Å². The summed E-state index contributed by atoms with van der Waals surface area (Å²) in [4.78, 5) is 24.2. The first-order valence-electron chi connectivity index (χ1n) is 2.98. The van der Waals surface area contributed by atoms with E-state index in [1.807, 2.05) is 0 Å². The molecule has 1 rings (SSSR count). The van der Waals surface area contributed by atoms with Crippen LogP contribution in [0.3, 0.4) is 0 Å². The predicted octanol–water partition coefficient (Wildman–Crippen LogP) is -6.50. The molecule has 0 atom stereocenters. The number of hydrogen-bond acceptors (Lipinski definition) is 4. The zero-order valence-corrected chi connectivity index (χ0v) is 12.5. The summed E-state index contributed by atoms with van der Waals surface area (Å²) < 4.78 is 10.2. The third-order valence-electron chi connectivity index (χ3n) is 1.10. The average molecular weight is 217 g/mol. The molecular weight excluding hydrogens is 211 g/mol. The molecule has 0 fully saturated rings. The van der Waals surface area contributed by atoms with Crippen LogP contribution in [-0.2, 0) is 10.7 Å². The van der Waals surface area contributed by atoms with Gasteiger partial charge >= 0.3 is 59.1 Å². The van der Waals surface area contributed by atoms with Crippen LogP contribution in [0.1, 0.15) is 5.56 Å². The second-order valence-corrected chi connectivity index (χ2v) is 3.67. The molecule has 1 heterocycles. The molecule has 1 aromatic heterocycles. The molecule has 60 valence electrons.